The number of hydrogen-bond acceptors (Lipinski definition) is 8. The van der Waals surface area contributed by atoms with E-state index in [0.717, 1.165) is 81.3 Å². The van der Waals surface area contributed by atoms with Crippen molar-refractivity contribution in [3.8, 4) is 0 Å². The summed E-state index contributed by atoms with van der Waals surface area (Å²) in [5, 5.41) is 7.55. The molecule has 0 bridgehead atoms. The number of pyridine rings is 1. The molecule has 2 N–H and O–H groups in total. The summed E-state index contributed by atoms with van der Waals surface area (Å²) in [6.45, 7) is 10.0. The number of ether oxygens (including phenoxy) is 1. The third kappa shape index (κ3) is 5.58. The molecular formula is C29H40N8O2. The zero-order chi connectivity index (χ0) is 26.8. The van der Waals surface area contributed by atoms with Gasteiger partial charge in [-0.15, -0.1) is 0 Å². The first-order valence-electron chi connectivity index (χ1n) is 14.6. The minimum atomic E-state index is -0.0167. The molecule has 3 aliphatic heterocycles. The van der Waals surface area contributed by atoms with E-state index in [9.17, 15) is 4.79 Å². The molecular weight excluding hydrogens is 492 g/mol. The Balaban J connectivity index is 1.19. The van der Waals surface area contributed by atoms with Gasteiger partial charge in [-0.3, -0.25) is 9.69 Å². The van der Waals surface area contributed by atoms with Crippen molar-refractivity contribution >= 4 is 34.4 Å². The Morgan fingerprint density at radius 3 is 2.62 bits per heavy atom. The lowest BCUT2D eigenvalue weighted by molar-refractivity contribution is -0.0716. The van der Waals surface area contributed by atoms with E-state index >= 15 is 0 Å². The van der Waals surface area contributed by atoms with Gasteiger partial charge < -0.3 is 24.8 Å². The maximum absolute atomic E-state index is 13.5. The lowest BCUT2D eigenvalue weighted by Crippen LogP contribution is -2.54. The summed E-state index contributed by atoms with van der Waals surface area (Å²) in [7, 11) is 0. The van der Waals surface area contributed by atoms with Gasteiger partial charge in [0.1, 0.15) is 11.6 Å². The summed E-state index contributed by atoms with van der Waals surface area (Å²) in [5.74, 6) is 2.16. The number of piperidine rings is 2. The number of hydrogen-bond donors (Lipinski definition) is 2. The van der Waals surface area contributed by atoms with Crippen molar-refractivity contribution in [2.24, 2.45) is 0 Å². The van der Waals surface area contributed by atoms with E-state index in [1.807, 2.05) is 24.5 Å². The summed E-state index contributed by atoms with van der Waals surface area (Å²) in [4.78, 5) is 32.1. The van der Waals surface area contributed by atoms with E-state index in [1.54, 1.807) is 6.20 Å². The second-order valence-electron chi connectivity index (χ2n) is 11.2. The van der Waals surface area contributed by atoms with Crippen molar-refractivity contribution in [3.05, 3.63) is 36.3 Å². The highest BCUT2D eigenvalue weighted by Crippen LogP contribution is 2.29. The van der Waals surface area contributed by atoms with Gasteiger partial charge in [0.2, 0.25) is 5.95 Å². The molecule has 0 aliphatic carbocycles. The minimum Gasteiger partial charge on any atom is -0.378 e. The average Bonchev–Trinajstić information content (AvgIpc) is 3.32. The normalized spacial score (nSPS) is 20.1. The molecule has 0 spiro atoms. The number of nitrogens with zero attached hydrogens (tertiary/aromatic N) is 6. The van der Waals surface area contributed by atoms with Crippen LogP contribution in [0.25, 0.3) is 10.9 Å². The van der Waals surface area contributed by atoms with Gasteiger partial charge in [0, 0.05) is 68.3 Å². The number of anilines is 3. The van der Waals surface area contributed by atoms with E-state index in [-0.39, 0.29) is 18.0 Å². The number of fused-ring (bicyclic) bond motifs is 1. The van der Waals surface area contributed by atoms with Crippen LogP contribution >= 0.6 is 0 Å². The van der Waals surface area contributed by atoms with Crippen molar-refractivity contribution in [1.82, 2.24) is 29.7 Å². The van der Waals surface area contributed by atoms with Crippen LogP contribution in [0.5, 0.6) is 0 Å². The standard InChI is InChI=1S/C29H40N8O2/c1-3-20(2)37-17-24(28(38)32-21-8-13-35(14-9-21)22-18-39-19-22)23-16-31-27(15-25(23)37)33-26-7-10-30-29(34-26)36-11-5-4-6-12-36/h7,10,15-17,20-22H,3-6,8-9,11-14,18-19H2,1-2H3,(H,32,38)(H,30,31,33,34). The molecule has 3 fully saturated rings. The number of carbonyl (C=O) groups excluding carboxylic acids is 1. The Hall–Kier alpha value is -3.24. The van der Waals surface area contributed by atoms with Gasteiger partial charge >= 0.3 is 0 Å². The van der Waals surface area contributed by atoms with Crippen LogP contribution in [0.1, 0.15) is 68.8 Å². The van der Waals surface area contributed by atoms with Gasteiger partial charge in [-0.1, -0.05) is 6.92 Å². The molecule has 10 heteroatoms. The summed E-state index contributed by atoms with van der Waals surface area (Å²) in [6.07, 6.45) is 12.1. The zero-order valence-electron chi connectivity index (χ0n) is 23.1. The zero-order valence-corrected chi connectivity index (χ0v) is 23.1. The van der Waals surface area contributed by atoms with Crippen LogP contribution in [0.4, 0.5) is 17.6 Å². The molecule has 208 valence electrons. The summed E-state index contributed by atoms with van der Waals surface area (Å²) in [6, 6.07) is 4.90. The molecule has 3 aromatic rings. The van der Waals surface area contributed by atoms with Crippen molar-refractivity contribution in [3.63, 3.8) is 0 Å². The van der Waals surface area contributed by atoms with E-state index in [1.165, 1.54) is 19.3 Å². The quantitative estimate of drug-likeness (QED) is 0.447. The van der Waals surface area contributed by atoms with Gasteiger partial charge in [0.05, 0.1) is 30.3 Å². The molecule has 1 unspecified atom stereocenters. The minimum absolute atomic E-state index is 0.0167. The van der Waals surface area contributed by atoms with Crippen LogP contribution in [0.2, 0.25) is 0 Å². The molecule has 3 saturated heterocycles. The number of aromatic nitrogens is 4. The van der Waals surface area contributed by atoms with E-state index in [0.29, 0.717) is 17.4 Å². The first-order valence-corrected chi connectivity index (χ1v) is 14.6. The average molecular weight is 533 g/mol. The lowest BCUT2D eigenvalue weighted by atomic mass is 10.0. The highest BCUT2D eigenvalue weighted by atomic mass is 16.5. The maximum Gasteiger partial charge on any atom is 0.253 e. The Labute approximate surface area is 230 Å². The molecule has 6 rings (SSSR count). The largest absolute Gasteiger partial charge is 0.378 e. The van der Waals surface area contributed by atoms with E-state index < -0.39 is 0 Å². The summed E-state index contributed by atoms with van der Waals surface area (Å²) < 4.78 is 7.55. The van der Waals surface area contributed by atoms with Crippen molar-refractivity contribution < 1.29 is 9.53 Å². The van der Waals surface area contributed by atoms with Gasteiger partial charge in [-0.2, -0.15) is 4.98 Å². The SMILES string of the molecule is CCC(C)n1cc(C(=O)NC2CCN(C3COC3)CC2)c2cnc(Nc3ccnc(N4CCCCC4)n3)cc21. The molecule has 3 aromatic heterocycles. The molecule has 1 atom stereocenters. The molecule has 0 radical (unpaired) electrons. The second kappa shape index (κ2) is 11.5. The molecule has 0 saturated carbocycles. The van der Waals surface area contributed by atoms with Crippen LogP contribution in [0, 0.1) is 0 Å². The first-order chi connectivity index (χ1) is 19.1. The highest BCUT2D eigenvalue weighted by Gasteiger charge is 2.30. The molecule has 39 heavy (non-hydrogen) atoms. The topological polar surface area (TPSA) is 100 Å². The molecule has 10 nitrogen and oxygen atoms in total. The van der Waals surface area contributed by atoms with Crippen molar-refractivity contribution in [1.29, 1.82) is 0 Å². The van der Waals surface area contributed by atoms with Gasteiger partial charge in [0.15, 0.2) is 0 Å². The van der Waals surface area contributed by atoms with Crippen molar-refractivity contribution in [2.75, 3.05) is 49.6 Å². The van der Waals surface area contributed by atoms with Crippen molar-refractivity contribution in [2.45, 2.75) is 70.5 Å². The van der Waals surface area contributed by atoms with Gasteiger partial charge in [-0.25, -0.2) is 9.97 Å². The Morgan fingerprint density at radius 1 is 1.10 bits per heavy atom. The van der Waals surface area contributed by atoms with Crippen LogP contribution in [0.15, 0.2) is 30.7 Å². The number of rotatable bonds is 8. The third-order valence-corrected chi connectivity index (χ3v) is 8.57. The van der Waals surface area contributed by atoms with Crippen LogP contribution < -0.4 is 15.5 Å². The smallest absolute Gasteiger partial charge is 0.253 e. The summed E-state index contributed by atoms with van der Waals surface area (Å²) >= 11 is 0. The fraction of sp³-hybridized carbons (Fsp3) is 0.586. The predicted octanol–water partition coefficient (Wildman–Crippen LogP) is 4.12. The number of amides is 1. The lowest BCUT2D eigenvalue weighted by Gasteiger charge is -2.41. The fourth-order valence-corrected chi connectivity index (χ4v) is 5.86. The molecule has 0 aromatic carbocycles. The second-order valence-corrected chi connectivity index (χ2v) is 11.2. The Bertz CT molecular complexity index is 1290. The van der Waals surface area contributed by atoms with E-state index in [4.69, 9.17) is 9.72 Å². The van der Waals surface area contributed by atoms with Crippen LogP contribution in [0.3, 0.4) is 0 Å². The van der Waals surface area contributed by atoms with Crippen LogP contribution in [-0.4, -0.2) is 81.8 Å². The van der Waals surface area contributed by atoms with Gasteiger partial charge in [0.25, 0.3) is 5.91 Å². The van der Waals surface area contributed by atoms with E-state index in [2.05, 4.69) is 48.8 Å². The van der Waals surface area contributed by atoms with Gasteiger partial charge in [-0.05, 0) is 51.5 Å². The molecule has 1 amide bonds. The first kappa shape index (κ1) is 26.0. The monoisotopic (exact) mass is 532 g/mol. The van der Waals surface area contributed by atoms with Crippen LogP contribution in [-0.2, 0) is 4.74 Å². The number of nitrogens with one attached hydrogen (secondary N) is 2. The predicted molar refractivity (Wildman–Crippen MR) is 153 cm³/mol. The Kier molecular flexibility index (Phi) is 7.65. The third-order valence-electron chi connectivity index (χ3n) is 8.57. The highest BCUT2D eigenvalue weighted by molar-refractivity contribution is 6.07. The fourth-order valence-electron chi connectivity index (χ4n) is 5.86. The molecule has 3 aliphatic rings. The number of likely N-dealkylation sites (tertiary alicyclic amines) is 1. The summed E-state index contributed by atoms with van der Waals surface area (Å²) in [5.41, 5.74) is 1.69. The maximum atomic E-state index is 13.5. The molecule has 6 heterocycles. The number of carbonyl (C=O) groups is 1. The Morgan fingerprint density at radius 2 is 1.90 bits per heavy atom.